The van der Waals surface area contributed by atoms with Gasteiger partial charge in [-0.2, -0.15) is 5.10 Å². The molecule has 0 saturated carbocycles. The highest BCUT2D eigenvalue weighted by Gasteiger charge is 2.22. The van der Waals surface area contributed by atoms with Crippen LogP contribution in [-0.2, 0) is 10.0 Å². The molecule has 1 aromatic rings. The minimum atomic E-state index is -3.33. The second kappa shape index (κ2) is 6.02. The number of sulfonamides is 1. The first-order valence-corrected chi connectivity index (χ1v) is 8.40. The van der Waals surface area contributed by atoms with Gasteiger partial charge in [-0.15, -0.1) is 0 Å². The Bertz CT molecular complexity index is 512. The molecule has 0 aliphatic carbocycles. The van der Waals surface area contributed by atoms with Crippen molar-refractivity contribution in [2.75, 3.05) is 25.4 Å². The standard InChI is InChI=1S/C12H22N4O2S/c1-10-8-12(15-14-10)11-4-2-5-16(9-11)6-3-7-19(13,17)18/h8,11H,2-7,9H2,1H3,(H,14,15)(H2,13,17,18)/t11-/m1/s1. The van der Waals surface area contributed by atoms with E-state index in [-0.39, 0.29) is 5.75 Å². The Morgan fingerprint density at radius 3 is 3.00 bits per heavy atom. The van der Waals surface area contributed by atoms with Gasteiger partial charge in [-0.25, -0.2) is 13.6 Å². The Labute approximate surface area is 114 Å². The monoisotopic (exact) mass is 286 g/mol. The topological polar surface area (TPSA) is 92.1 Å². The lowest BCUT2D eigenvalue weighted by Crippen LogP contribution is -2.36. The van der Waals surface area contributed by atoms with Crippen LogP contribution >= 0.6 is 0 Å². The number of hydrogen-bond donors (Lipinski definition) is 2. The first-order valence-electron chi connectivity index (χ1n) is 6.69. The van der Waals surface area contributed by atoms with Gasteiger partial charge in [0.15, 0.2) is 0 Å². The maximum Gasteiger partial charge on any atom is 0.209 e. The molecule has 0 radical (unpaired) electrons. The van der Waals surface area contributed by atoms with Crippen molar-refractivity contribution in [3.63, 3.8) is 0 Å². The summed E-state index contributed by atoms with van der Waals surface area (Å²) in [6.07, 6.45) is 2.88. The molecule has 2 rings (SSSR count). The third-order valence-corrected chi connectivity index (χ3v) is 4.41. The van der Waals surface area contributed by atoms with Gasteiger partial charge >= 0.3 is 0 Å². The van der Waals surface area contributed by atoms with Gasteiger partial charge in [0, 0.05) is 18.2 Å². The average Bonchev–Trinajstić information content (AvgIpc) is 2.75. The average molecular weight is 286 g/mol. The second-order valence-electron chi connectivity index (χ2n) is 5.34. The van der Waals surface area contributed by atoms with Crippen molar-refractivity contribution in [3.05, 3.63) is 17.5 Å². The van der Waals surface area contributed by atoms with Crippen LogP contribution in [0.3, 0.4) is 0 Å². The summed E-state index contributed by atoms with van der Waals surface area (Å²) >= 11 is 0. The van der Waals surface area contributed by atoms with Gasteiger partial charge in [-0.3, -0.25) is 5.10 Å². The number of nitrogens with one attached hydrogen (secondary N) is 1. The number of H-pyrrole nitrogens is 1. The largest absolute Gasteiger partial charge is 0.303 e. The summed E-state index contributed by atoms with van der Waals surface area (Å²) < 4.78 is 21.8. The van der Waals surface area contributed by atoms with Crippen molar-refractivity contribution in [1.29, 1.82) is 0 Å². The minimum Gasteiger partial charge on any atom is -0.303 e. The quantitative estimate of drug-likeness (QED) is 0.828. The highest BCUT2D eigenvalue weighted by atomic mass is 32.2. The fourth-order valence-corrected chi connectivity index (χ4v) is 3.17. The number of nitrogens with zero attached hydrogens (tertiary/aromatic N) is 2. The molecule has 2 heterocycles. The molecule has 3 N–H and O–H groups in total. The van der Waals surface area contributed by atoms with Gasteiger partial charge in [-0.05, 0) is 45.3 Å². The van der Waals surface area contributed by atoms with Crippen molar-refractivity contribution in [2.24, 2.45) is 5.14 Å². The summed E-state index contributed by atoms with van der Waals surface area (Å²) in [7, 11) is -3.33. The smallest absolute Gasteiger partial charge is 0.209 e. The fraction of sp³-hybridized carbons (Fsp3) is 0.750. The molecule has 7 heteroatoms. The first kappa shape index (κ1) is 14.5. The molecule has 1 aromatic heterocycles. The second-order valence-corrected chi connectivity index (χ2v) is 7.07. The van der Waals surface area contributed by atoms with Gasteiger partial charge in [0.1, 0.15) is 0 Å². The van der Waals surface area contributed by atoms with E-state index >= 15 is 0 Å². The van der Waals surface area contributed by atoms with Crippen molar-refractivity contribution < 1.29 is 8.42 Å². The van der Waals surface area contributed by atoms with E-state index in [2.05, 4.69) is 21.2 Å². The van der Waals surface area contributed by atoms with Crippen molar-refractivity contribution >= 4 is 10.0 Å². The third-order valence-electron chi connectivity index (χ3n) is 3.55. The number of piperidine rings is 1. The number of primary sulfonamides is 1. The summed E-state index contributed by atoms with van der Waals surface area (Å²) in [6, 6.07) is 2.10. The zero-order valence-corrected chi connectivity index (χ0v) is 12.1. The zero-order chi connectivity index (χ0) is 13.9. The number of hydrogen-bond acceptors (Lipinski definition) is 4. The minimum absolute atomic E-state index is 0.0652. The number of aromatic nitrogens is 2. The highest BCUT2D eigenvalue weighted by Crippen LogP contribution is 2.25. The van der Waals surface area contributed by atoms with E-state index in [1.54, 1.807) is 0 Å². The normalized spacial score (nSPS) is 21.7. The van der Waals surface area contributed by atoms with E-state index in [9.17, 15) is 8.42 Å². The third kappa shape index (κ3) is 4.59. The molecule has 1 aliphatic rings. The van der Waals surface area contributed by atoms with E-state index in [4.69, 9.17) is 5.14 Å². The van der Waals surface area contributed by atoms with E-state index in [0.717, 1.165) is 43.9 Å². The Kier molecular flexibility index (Phi) is 4.59. The van der Waals surface area contributed by atoms with Crippen molar-refractivity contribution in [2.45, 2.75) is 32.1 Å². The zero-order valence-electron chi connectivity index (χ0n) is 11.3. The van der Waals surface area contributed by atoms with E-state index in [0.29, 0.717) is 12.3 Å². The highest BCUT2D eigenvalue weighted by molar-refractivity contribution is 7.89. The molecule has 0 aromatic carbocycles. The maximum atomic E-state index is 10.9. The van der Waals surface area contributed by atoms with Gasteiger partial charge in [0.05, 0.1) is 11.4 Å². The molecule has 0 amide bonds. The van der Waals surface area contributed by atoms with Gasteiger partial charge in [0.25, 0.3) is 0 Å². The Balaban J connectivity index is 1.84. The number of likely N-dealkylation sites (tertiary alicyclic amines) is 1. The van der Waals surface area contributed by atoms with Crippen LogP contribution in [0.25, 0.3) is 0 Å². The molecular weight excluding hydrogens is 264 g/mol. The number of nitrogens with two attached hydrogens (primary N) is 1. The molecule has 1 atom stereocenters. The van der Waals surface area contributed by atoms with Crippen LogP contribution < -0.4 is 5.14 Å². The molecule has 0 unspecified atom stereocenters. The lowest BCUT2D eigenvalue weighted by Gasteiger charge is -2.31. The Morgan fingerprint density at radius 1 is 1.58 bits per heavy atom. The van der Waals surface area contributed by atoms with Gasteiger partial charge in [-0.1, -0.05) is 0 Å². The molecule has 1 aliphatic heterocycles. The van der Waals surface area contributed by atoms with Crippen LogP contribution in [0.4, 0.5) is 0 Å². The molecule has 1 saturated heterocycles. The number of rotatable bonds is 5. The molecule has 108 valence electrons. The molecule has 0 spiro atoms. The van der Waals surface area contributed by atoms with Gasteiger partial charge in [0.2, 0.25) is 10.0 Å². The van der Waals surface area contributed by atoms with Crippen molar-refractivity contribution in [1.82, 2.24) is 15.1 Å². The summed E-state index contributed by atoms with van der Waals surface area (Å²) in [5, 5.41) is 12.3. The number of aryl methyl sites for hydroxylation is 1. The molecular formula is C12H22N4O2S. The van der Waals surface area contributed by atoms with Crippen LogP contribution in [0.15, 0.2) is 6.07 Å². The Hall–Kier alpha value is -0.920. The predicted octanol–water partition coefficient (Wildman–Crippen LogP) is 0.576. The van der Waals surface area contributed by atoms with E-state index in [1.165, 1.54) is 0 Å². The van der Waals surface area contributed by atoms with Crippen LogP contribution in [0.5, 0.6) is 0 Å². The molecule has 6 nitrogen and oxygen atoms in total. The van der Waals surface area contributed by atoms with Crippen LogP contribution in [0, 0.1) is 6.92 Å². The predicted molar refractivity (Wildman–Crippen MR) is 74.3 cm³/mol. The lowest BCUT2D eigenvalue weighted by atomic mass is 9.94. The maximum absolute atomic E-state index is 10.9. The van der Waals surface area contributed by atoms with Crippen LogP contribution in [-0.4, -0.2) is 48.9 Å². The van der Waals surface area contributed by atoms with Gasteiger partial charge < -0.3 is 4.90 Å². The summed E-state index contributed by atoms with van der Waals surface area (Å²) in [5.41, 5.74) is 2.20. The van der Waals surface area contributed by atoms with E-state index in [1.807, 2.05) is 6.92 Å². The number of aromatic amines is 1. The molecule has 19 heavy (non-hydrogen) atoms. The summed E-state index contributed by atoms with van der Waals surface area (Å²) in [5.74, 6) is 0.517. The first-order chi connectivity index (χ1) is 8.94. The Morgan fingerprint density at radius 2 is 2.37 bits per heavy atom. The molecule has 0 bridgehead atoms. The summed E-state index contributed by atoms with van der Waals surface area (Å²) in [4.78, 5) is 2.31. The van der Waals surface area contributed by atoms with Crippen LogP contribution in [0.1, 0.15) is 36.6 Å². The summed E-state index contributed by atoms with van der Waals surface area (Å²) in [6.45, 7) is 4.78. The SMILES string of the molecule is Cc1cc([C@@H]2CCCN(CCCS(N)(=O)=O)C2)n[nH]1. The fourth-order valence-electron chi connectivity index (χ4n) is 2.64. The van der Waals surface area contributed by atoms with Crippen LogP contribution in [0.2, 0.25) is 0 Å². The van der Waals surface area contributed by atoms with Crippen molar-refractivity contribution in [3.8, 4) is 0 Å². The lowest BCUT2D eigenvalue weighted by molar-refractivity contribution is 0.207. The molecule has 1 fully saturated rings. The van der Waals surface area contributed by atoms with E-state index < -0.39 is 10.0 Å².